The molecule has 1 aliphatic heterocycles. The molecule has 7 rings (SSSR count). The van der Waals surface area contributed by atoms with Crippen molar-refractivity contribution in [3.8, 4) is 5.75 Å². The molecule has 13 heteroatoms. The zero-order valence-electron chi connectivity index (χ0n) is 22.1. The van der Waals surface area contributed by atoms with Gasteiger partial charge in [0.05, 0.1) is 17.3 Å². The fourth-order valence-corrected chi connectivity index (χ4v) is 6.03. The zero-order valence-corrected chi connectivity index (χ0v) is 22.1. The molecule has 210 valence electrons. The van der Waals surface area contributed by atoms with E-state index < -0.39 is 17.3 Å². The normalized spacial score (nSPS) is 23.6. The van der Waals surface area contributed by atoms with Crippen molar-refractivity contribution >= 4 is 35.0 Å². The topological polar surface area (TPSA) is 164 Å². The van der Waals surface area contributed by atoms with Gasteiger partial charge in [-0.2, -0.15) is 11.7 Å². The van der Waals surface area contributed by atoms with Gasteiger partial charge in [-0.25, -0.2) is 9.50 Å². The lowest BCUT2D eigenvalue weighted by molar-refractivity contribution is -0.158. The molecule has 2 amide bonds. The quantitative estimate of drug-likeness (QED) is 0.255. The number of aliphatic carboxylic acids is 1. The van der Waals surface area contributed by atoms with Gasteiger partial charge in [-0.1, -0.05) is 6.07 Å². The van der Waals surface area contributed by atoms with Crippen molar-refractivity contribution in [2.24, 2.45) is 15.9 Å². The minimum atomic E-state index is -0.712. The summed E-state index contributed by atoms with van der Waals surface area (Å²) in [5.41, 5.74) is 1.34. The lowest BCUT2D eigenvalue weighted by Gasteiger charge is -2.51. The number of hydrogen-bond donors (Lipinski definition) is 4. The standard InChI is InChI=1S/C28H28N8O5/c1-29-35-22-15-41-21-3-2-17(12-18(21)33-22)14-30-24(37)19-13-20(36-23(34-19)4-11-32-36)25(38)31-16-27-5-8-28(9-6-27,10-7-27)26(39)40/h2-4,11-13H,5-10,14-16H2,(H,30,37)(H,31,38)(H,33,35)(H,39,40). The average Bonchev–Trinajstić information content (AvgIpc) is 3.48. The molecule has 41 heavy (non-hydrogen) atoms. The van der Waals surface area contributed by atoms with Gasteiger partial charge in [0.2, 0.25) is 5.84 Å². The van der Waals surface area contributed by atoms with Gasteiger partial charge < -0.3 is 25.8 Å². The van der Waals surface area contributed by atoms with Gasteiger partial charge >= 0.3 is 5.97 Å². The molecule has 0 spiro atoms. The highest BCUT2D eigenvalue weighted by molar-refractivity contribution is 6.00. The summed E-state index contributed by atoms with van der Waals surface area (Å²) in [4.78, 5) is 45.6. The number of rotatable bonds is 7. The number of benzene rings is 1. The van der Waals surface area contributed by atoms with Crippen LogP contribution in [0.15, 0.2) is 41.6 Å². The second-order valence-electron chi connectivity index (χ2n) is 11.0. The third-order valence-corrected chi connectivity index (χ3v) is 8.62. The second-order valence-corrected chi connectivity index (χ2v) is 11.0. The predicted octanol–water partition coefficient (Wildman–Crippen LogP) is 2.85. The number of carboxylic acid groups (broad SMARTS) is 1. The average molecular weight is 557 g/mol. The molecule has 2 aromatic heterocycles. The number of fused-ring (bicyclic) bond motifs is 5. The van der Waals surface area contributed by atoms with E-state index in [1.54, 1.807) is 18.2 Å². The summed E-state index contributed by atoms with van der Waals surface area (Å²) in [6.07, 6.45) is 5.69. The van der Waals surface area contributed by atoms with Gasteiger partial charge in [0.15, 0.2) is 12.3 Å². The van der Waals surface area contributed by atoms with Gasteiger partial charge in [0.25, 0.3) is 11.8 Å². The molecular weight excluding hydrogens is 528 g/mol. The van der Waals surface area contributed by atoms with Crippen LogP contribution in [0.1, 0.15) is 65.1 Å². The Balaban J connectivity index is 1.13. The molecule has 3 saturated carbocycles. The summed E-state index contributed by atoms with van der Waals surface area (Å²) in [5.74, 6) is -0.519. The van der Waals surface area contributed by atoms with E-state index in [1.807, 2.05) is 6.07 Å². The highest BCUT2D eigenvalue weighted by Gasteiger charge is 2.52. The van der Waals surface area contributed by atoms with Crippen LogP contribution in [0.25, 0.3) is 10.6 Å². The SMILES string of the molecule is [C-]#[N+]/N=C1\COc2ccc(CNC(=O)c3cc(C(=O)NCC45CCC(C(=O)O)(CC4)CC5)n4nccc4n3)cc2N1. The third-order valence-electron chi connectivity index (χ3n) is 8.62. The number of anilines is 1. The molecule has 13 nitrogen and oxygen atoms in total. The van der Waals surface area contributed by atoms with Crippen LogP contribution in [-0.2, 0) is 11.3 Å². The maximum Gasteiger partial charge on any atom is 0.309 e. The molecule has 4 N–H and O–H groups in total. The van der Waals surface area contributed by atoms with Crippen LogP contribution in [0.3, 0.4) is 0 Å². The van der Waals surface area contributed by atoms with Crippen molar-refractivity contribution in [3.05, 3.63) is 65.0 Å². The summed E-state index contributed by atoms with van der Waals surface area (Å²) in [5, 5.41) is 26.4. The lowest BCUT2D eigenvalue weighted by atomic mass is 9.53. The van der Waals surface area contributed by atoms with Crippen molar-refractivity contribution in [2.45, 2.75) is 45.1 Å². The van der Waals surface area contributed by atoms with Gasteiger partial charge in [-0.3, -0.25) is 14.4 Å². The summed E-state index contributed by atoms with van der Waals surface area (Å²) in [6.45, 7) is 7.70. The van der Waals surface area contributed by atoms with E-state index in [4.69, 9.17) is 11.3 Å². The molecule has 3 heterocycles. The van der Waals surface area contributed by atoms with Crippen LogP contribution in [0.2, 0.25) is 0 Å². The van der Waals surface area contributed by atoms with Crippen molar-refractivity contribution in [3.63, 3.8) is 0 Å². The Morgan fingerprint density at radius 3 is 2.61 bits per heavy atom. The number of aromatic nitrogens is 3. The Morgan fingerprint density at radius 2 is 1.88 bits per heavy atom. The molecule has 0 saturated heterocycles. The monoisotopic (exact) mass is 556 g/mol. The van der Waals surface area contributed by atoms with E-state index in [-0.39, 0.29) is 35.9 Å². The largest absolute Gasteiger partial charge is 0.483 e. The molecule has 0 unspecified atom stereocenters. The van der Waals surface area contributed by atoms with Crippen molar-refractivity contribution in [1.82, 2.24) is 25.2 Å². The van der Waals surface area contributed by atoms with Crippen LogP contribution in [0.5, 0.6) is 5.75 Å². The predicted molar refractivity (Wildman–Crippen MR) is 146 cm³/mol. The van der Waals surface area contributed by atoms with E-state index >= 15 is 0 Å². The summed E-state index contributed by atoms with van der Waals surface area (Å²) < 4.78 is 6.99. The number of carbonyl (C=O) groups excluding carboxylic acids is 2. The van der Waals surface area contributed by atoms with Crippen molar-refractivity contribution in [2.75, 3.05) is 18.5 Å². The first-order valence-electron chi connectivity index (χ1n) is 13.4. The van der Waals surface area contributed by atoms with E-state index in [0.717, 1.165) is 24.8 Å². The lowest BCUT2D eigenvalue weighted by Crippen LogP contribution is -2.50. The van der Waals surface area contributed by atoms with E-state index in [9.17, 15) is 19.5 Å². The number of nitrogens with zero attached hydrogens (tertiary/aromatic N) is 5. The molecule has 2 bridgehead atoms. The molecular formula is C28H28N8O5. The molecule has 3 fully saturated rings. The first kappa shape index (κ1) is 26.2. The van der Waals surface area contributed by atoms with Crippen molar-refractivity contribution in [1.29, 1.82) is 0 Å². The van der Waals surface area contributed by atoms with Gasteiger partial charge in [0.1, 0.15) is 22.2 Å². The Labute approximate surface area is 234 Å². The Morgan fingerprint density at radius 1 is 1.10 bits per heavy atom. The molecule has 0 radical (unpaired) electrons. The zero-order chi connectivity index (χ0) is 28.6. The maximum absolute atomic E-state index is 13.3. The maximum atomic E-state index is 13.3. The van der Waals surface area contributed by atoms with Crippen molar-refractivity contribution < 1.29 is 24.2 Å². The van der Waals surface area contributed by atoms with Crippen LogP contribution < -0.4 is 20.7 Å². The molecule has 1 aromatic carbocycles. The highest BCUT2D eigenvalue weighted by Crippen LogP contribution is 2.56. The summed E-state index contributed by atoms with van der Waals surface area (Å²) in [7, 11) is 0. The van der Waals surface area contributed by atoms with Crippen LogP contribution in [-0.4, -0.2) is 56.5 Å². The fraction of sp³-hybridized carbons (Fsp3) is 0.393. The number of carboxylic acids is 1. The second kappa shape index (κ2) is 10.2. The summed E-state index contributed by atoms with van der Waals surface area (Å²) >= 11 is 0. The third kappa shape index (κ3) is 4.93. The number of amides is 2. The molecule has 4 aliphatic rings. The van der Waals surface area contributed by atoms with Crippen LogP contribution >= 0.6 is 0 Å². The number of nitrogens with one attached hydrogen (secondary N) is 3. The van der Waals surface area contributed by atoms with Crippen LogP contribution in [0.4, 0.5) is 5.69 Å². The highest BCUT2D eigenvalue weighted by atomic mass is 16.5. The number of ether oxygens (including phenoxy) is 1. The number of amidine groups is 1. The van der Waals surface area contributed by atoms with E-state index in [2.05, 4.69) is 36.1 Å². The van der Waals surface area contributed by atoms with E-state index in [0.29, 0.717) is 48.7 Å². The Kier molecular flexibility index (Phi) is 6.53. The first-order chi connectivity index (χ1) is 19.8. The van der Waals surface area contributed by atoms with Gasteiger partial charge in [-0.05, 0) is 61.6 Å². The van der Waals surface area contributed by atoms with Crippen LogP contribution in [0, 0.1) is 17.4 Å². The van der Waals surface area contributed by atoms with E-state index in [1.165, 1.54) is 16.8 Å². The minimum absolute atomic E-state index is 0.0776. The molecule has 3 aromatic rings. The fourth-order valence-electron chi connectivity index (χ4n) is 6.03. The molecule has 0 atom stereocenters. The van der Waals surface area contributed by atoms with Gasteiger partial charge in [0, 0.05) is 25.2 Å². The Bertz CT molecular complexity index is 1610. The number of carbonyl (C=O) groups is 3. The molecule has 3 aliphatic carbocycles. The summed E-state index contributed by atoms with van der Waals surface area (Å²) in [6, 6.07) is 8.45. The number of hydrogen-bond acceptors (Lipinski definition) is 7. The first-order valence-corrected chi connectivity index (χ1v) is 13.4. The van der Waals surface area contributed by atoms with Gasteiger partial charge in [-0.15, -0.1) is 4.95 Å². The Hall–Kier alpha value is -4.99. The smallest absolute Gasteiger partial charge is 0.309 e. The minimum Gasteiger partial charge on any atom is -0.483 e.